The van der Waals surface area contributed by atoms with Crippen molar-refractivity contribution in [3.63, 3.8) is 0 Å². The molecule has 1 unspecified atom stereocenters. The van der Waals surface area contributed by atoms with E-state index in [1.54, 1.807) is 16.8 Å². The lowest BCUT2D eigenvalue weighted by atomic mass is 9.99. The zero-order valence-corrected chi connectivity index (χ0v) is 15.5. The van der Waals surface area contributed by atoms with E-state index in [4.69, 9.17) is 0 Å². The van der Waals surface area contributed by atoms with Gasteiger partial charge >= 0.3 is 0 Å². The van der Waals surface area contributed by atoms with Crippen molar-refractivity contribution >= 4 is 16.9 Å². The second-order valence-electron chi connectivity index (χ2n) is 7.35. The molecule has 0 saturated carbocycles. The molecule has 1 atom stereocenters. The van der Waals surface area contributed by atoms with Gasteiger partial charge in [0.25, 0.3) is 11.5 Å². The molecule has 138 valence electrons. The van der Waals surface area contributed by atoms with Gasteiger partial charge in [-0.05, 0) is 42.5 Å². The minimum absolute atomic E-state index is 0.167. The van der Waals surface area contributed by atoms with E-state index in [9.17, 15) is 9.59 Å². The van der Waals surface area contributed by atoms with E-state index < -0.39 is 0 Å². The summed E-state index contributed by atoms with van der Waals surface area (Å²) in [5.74, 6) is 0.301. The Hall–Kier alpha value is -2.95. The fourth-order valence-corrected chi connectivity index (χ4v) is 3.82. The third kappa shape index (κ3) is 3.50. The molecule has 0 N–H and O–H groups in total. The van der Waals surface area contributed by atoms with Gasteiger partial charge in [0.2, 0.25) is 0 Å². The predicted molar refractivity (Wildman–Crippen MR) is 106 cm³/mol. The van der Waals surface area contributed by atoms with Gasteiger partial charge in [-0.3, -0.25) is 14.2 Å². The number of fused-ring (bicyclic) bond motifs is 1. The first-order valence-corrected chi connectivity index (χ1v) is 9.45. The molecule has 0 spiro atoms. The Bertz CT molecular complexity index is 1030. The average Bonchev–Trinajstić information content (AvgIpc) is 2.70. The van der Waals surface area contributed by atoms with Crippen LogP contribution in [0.3, 0.4) is 0 Å². The summed E-state index contributed by atoms with van der Waals surface area (Å²) in [7, 11) is 0. The number of likely N-dealkylation sites (tertiary alicyclic amines) is 1. The fourth-order valence-electron chi connectivity index (χ4n) is 3.82. The van der Waals surface area contributed by atoms with Gasteiger partial charge in [-0.1, -0.05) is 37.3 Å². The number of benzene rings is 1. The van der Waals surface area contributed by atoms with Crippen molar-refractivity contribution in [3.8, 4) is 0 Å². The number of carbonyl (C=O) groups excluding carboxylic acids is 1. The first-order valence-electron chi connectivity index (χ1n) is 9.45. The SMILES string of the molecule is CC1CCCN(C(=O)c2cc3cccnc3n(Cc3ccccc3)c2=O)C1. The predicted octanol–water partition coefficient (Wildman–Crippen LogP) is 3.32. The van der Waals surface area contributed by atoms with Crippen LogP contribution in [0, 0.1) is 5.92 Å². The van der Waals surface area contributed by atoms with Crippen molar-refractivity contribution < 1.29 is 4.79 Å². The summed E-state index contributed by atoms with van der Waals surface area (Å²) in [4.78, 5) is 32.6. The normalized spacial score (nSPS) is 17.2. The van der Waals surface area contributed by atoms with E-state index in [0.29, 0.717) is 31.2 Å². The molecule has 0 aliphatic carbocycles. The molecule has 1 amide bonds. The molecule has 1 saturated heterocycles. The number of carbonyl (C=O) groups is 1. The van der Waals surface area contributed by atoms with Gasteiger partial charge in [0.1, 0.15) is 11.2 Å². The number of hydrogen-bond donors (Lipinski definition) is 0. The molecule has 5 heteroatoms. The summed E-state index contributed by atoms with van der Waals surface area (Å²) in [5, 5.41) is 0.807. The Balaban J connectivity index is 1.81. The standard InChI is InChI=1S/C22H23N3O2/c1-16-7-6-12-24(14-16)21(26)19-13-18-10-5-11-23-20(18)25(22(19)27)15-17-8-3-2-4-9-17/h2-5,8-11,13,16H,6-7,12,14-15H2,1H3. The Morgan fingerprint density at radius 2 is 2.00 bits per heavy atom. The lowest BCUT2D eigenvalue weighted by Crippen LogP contribution is -2.42. The molecule has 1 fully saturated rings. The van der Waals surface area contributed by atoms with Crippen LogP contribution in [0.25, 0.3) is 11.0 Å². The molecule has 1 aromatic carbocycles. The quantitative estimate of drug-likeness (QED) is 0.719. The number of aromatic nitrogens is 2. The van der Waals surface area contributed by atoms with Gasteiger partial charge in [-0.2, -0.15) is 0 Å². The molecule has 3 heterocycles. The summed E-state index contributed by atoms with van der Waals surface area (Å²) in [5.41, 5.74) is 1.58. The summed E-state index contributed by atoms with van der Waals surface area (Å²) < 4.78 is 1.62. The van der Waals surface area contributed by atoms with Crippen LogP contribution in [-0.2, 0) is 6.54 Å². The van der Waals surface area contributed by atoms with Gasteiger partial charge in [-0.25, -0.2) is 4.98 Å². The molecular formula is C22H23N3O2. The van der Waals surface area contributed by atoms with Crippen LogP contribution in [0.5, 0.6) is 0 Å². The average molecular weight is 361 g/mol. The van der Waals surface area contributed by atoms with Crippen LogP contribution in [0.15, 0.2) is 59.5 Å². The summed E-state index contributed by atoms with van der Waals surface area (Å²) in [6, 6.07) is 15.2. The number of nitrogens with zero attached hydrogens (tertiary/aromatic N) is 3. The third-order valence-corrected chi connectivity index (χ3v) is 5.21. The minimum Gasteiger partial charge on any atom is -0.338 e. The maximum atomic E-state index is 13.2. The fraction of sp³-hybridized carbons (Fsp3) is 0.318. The molecule has 0 radical (unpaired) electrons. The smallest absolute Gasteiger partial charge is 0.265 e. The second-order valence-corrected chi connectivity index (χ2v) is 7.35. The van der Waals surface area contributed by atoms with Gasteiger partial charge in [0.05, 0.1) is 6.54 Å². The van der Waals surface area contributed by atoms with Crippen molar-refractivity contribution in [1.82, 2.24) is 14.5 Å². The van der Waals surface area contributed by atoms with Crippen LogP contribution in [-0.4, -0.2) is 33.4 Å². The Kier molecular flexibility index (Phi) is 4.75. The Morgan fingerprint density at radius 1 is 1.19 bits per heavy atom. The highest BCUT2D eigenvalue weighted by Gasteiger charge is 2.25. The molecule has 1 aliphatic rings. The summed E-state index contributed by atoms with van der Waals surface area (Å²) in [6.07, 6.45) is 3.79. The highest BCUT2D eigenvalue weighted by molar-refractivity contribution is 5.97. The molecular weight excluding hydrogens is 338 g/mol. The number of pyridine rings is 2. The maximum absolute atomic E-state index is 13.2. The lowest BCUT2D eigenvalue weighted by molar-refractivity contribution is 0.0681. The highest BCUT2D eigenvalue weighted by atomic mass is 16.2. The van der Waals surface area contributed by atoms with Gasteiger partial charge in [-0.15, -0.1) is 0 Å². The Labute approximate surface area is 158 Å². The molecule has 27 heavy (non-hydrogen) atoms. The van der Waals surface area contributed by atoms with Crippen molar-refractivity contribution in [3.05, 3.63) is 76.2 Å². The van der Waals surface area contributed by atoms with Gasteiger partial charge in [0, 0.05) is 24.7 Å². The number of rotatable bonds is 3. The number of hydrogen-bond acceptors (Lipinski definition) is 3. The zero-order valence-electron chi connectivity index (χ0n) is 15.5. The highest BCUT2D eigenvalue weighted by Crippen LogP contribution is 2.19. The summed E-state index contributed by atoms with van der Waals surface area (Å²) in [6.45, 7) is 3.97. The number of amides is 1. The van der Waals surface area contributed by atoms with E-state index in [-0.39, 0.29) is 17.0 Å². The van der Waals surface area contributed by atoms with E-state index >= 15 is 0 Å². The van der Waals surface area contributed by atoms with Gasteiger partial charge in [0.15, 0.2) is 0 Å². The largest absolute Gasteiger partial charge is 0.338 e. The van der Waals surface area contributed by atoms with Crippen LogP contribution >= 0.6 is 0 Å². The van der Waals surface area contributed by atoms with Crippen LogP contribution in [0.2, 0.25) is 0 Å². The van der Waals surface area contributed by atoms with E-state index in [0.717, 1.165) is 23.8 Å². The minimum atomic E-state index is -0.270. The molecule has 0 bridgehead atoms. The zero-order chi connectivity index (χ0) is 18.8. The molecule has 4 rings (SSSR count). The van der Waals surface area contributed by atoms with Crippen molar-refractivity contribution in [2.75, 3.05) is 13.1 Å². The van der Waals surface area contributed by atoms with Crippen LogP contribution < -0.4 is 5.56 Å². The lowest BCUT2D eigenvalue weighted by Gasteiger charge is -2.31. The number of piperidine rings is 1. The van der Waals surface area contributed by atoms with E-state index in [1.165, 1.54) is 0 Å². The molecule has 2 aromatic heterocycles. The van der Waals surface area contributed by atoms with Crippen LogP contribution in [0.1, 0.15) is 35.7 Å². The first-order chi connectivity index (χ1) is 13.1. The topological polar surface area (TPSA) is 55.2 Å². The Morgan fingerprint density at radius 3 is 2.78 bits per heavy atom. The van der Waals surface area contributed by atoms with E-state index in [1.807, 2.05) is 47.4 Å². The van der Waals surface area contributed by atoms with E-state index in [2.05, 4.69) is 11.9 Å². The molecule has 3 aromatic rings. The first kappa shape index (κ1) is 17.5. The second kappa shape index (κ2) is 7.35. The van der Waals surface area contributed by atoms with Crippen molar-refractivity contribution in [1.29, 1.82) is 0 Å². The monoisotopic (exact) mass is 361 g/mol. The molecule has 1 aliphatic heterocycles. The maximum Gasteiger partial charge on any atom is 0.265 e. The van der Waals surface area contributed by atoms with Crippen LogP contribution in [0.4, 0.5) is 0 Å². The summed E-state index contributed by atoms with van der Waals surface area (Å²) >= 11 is 0. The van der Waals surface area contributed by atoms with Crippen molar-refractivity contribution in [2.45, 2.75) is 26.3 Å². The third-order valence-electron chi connectivity index (χ3n) is 5.21. The van der Waals surface area contributed by atoms with Gasteiger partial charge < -0.3 is 4.90 Å². The molecule has 5 nitrogen and oxygen atoms in total. The van der Waals surface area contributed by atoms with Crippen molar-refractivity contribution in [2.24, 2.45) is 5.92 Å².